The van der Waals surface area contributed by atoms with Gasteiger partial charge in [0.25, 0.3) is 0 Å². The van der Waals surface area contributed by atoms with Crippen LogP contribution >= 0.6 is 11.6 Å². The molecule has 0 atom stereocenters. The third-order valence-corrected chi connectivity index (χ3v) is 2.62. The van der Waals surface area contributed by atoms with Crippen LogP contribution in [0, 0.1) is 0 Å². The first-order valence-electron chi connectivity index (χ1n) is 6.07. The number of halogens is 1. The lowest BCUT2D eigenvalue weighted by atomic mass is 10.4. The number of alkyl halides is 1. The van der Waals surface area contributed by atoms with E-state index in [0.29, 0.717) is 18.4 Å². The molecule has 96 valence electrons. The number of hydrogen-bond donors (Lipinski definition) is 0. The molecule has 0 aliphatic heterocycles. The molecule has 0 amide bonds. The minimum absolute atomic E-state index is 0.640. The maximum atomic E-state index is 5.71. The van der Waals surface area contributed by atoms with E-state index in [4.69, 9.17) is 16.3 Å². The second-order valence-corrected chi connectivity index (χ2v) is 4.06. The van der Waals surface area contributed by atoms with Crippen LogP contribution in [0.15, 0.2) is 12.4 Å². The lowest BCUT2D eigenvalue weighted by molar-refractivity contribution is 0.304. The number of hydrogen-bond acceptors (Lipinski definition) is 4. The first kappa shape index (κ1) is 14.0. The Morgan fingerprint density at radius 2 is 2.18 bits per heavy atom. The Morgan fingerprint density at radius 1 is 1.35 bits per heavy atom. The molecule has 0 aliphatic carbocycles. The summed E-state index contributed by atoms with van der Waals surface area (Å²) in [6.45, 7) is 6.67. The summed E-state index contributed by atoms with van der Waals surface area (Å²) in [5.41, 5.74) is 0. The second kappa shape index (κ2) is 8.12. The molecule has 0 aliphatic rings. The molecule has 1 aromatic heterocycles. The topological polar surface area (TPSA) is 38.2 Å². The third kappa shape index (κ3) is 4.77. The van der Waals surface area contributed by atoms with Crippen molar-refractivity contribution < 1.29 is 4.74 Å². The first-order valence-corrected chi connectivity index (χ1v) is 6.61. The lowest BCUT2D eigenvalue weighted by Gasteiger charge is -2.21. The highest BCUT2D eigenvalue weighted by atomic mass is 35.5. The minimum Gasteiger partial charge on any atom is -0.478 e. The van der Waals surface area contributed by atoms with Crippen LogP contribution in [0.25, 0.3) is 0 Å². The maximum absolute atomic E-state index is 5.71. The van der Waals surface area contributed by atoms with Crippen LogP contribution < -0.4 is 9.64 Å². The zero-order chi connectivity index (χ0) is 12.5. The molecule has 0 unspecified atom stereocenters. The number of ether oxygens (including phenoxy) is 1. The minimum atomic E-state index is 0.640. The molecule has 0 fully saturated rings. The molecule has 0 radical (unpaired) electrons. The highest BCUT2D eigenvalue weighted by Crippen LogP contribution is 2.16. The Balaban J connectivity index is 2.66. The van der Waals surface area contributed by atoms with Gasteiger partial charge in [0.2, 0.25) is 5.88 Å². The molecule has 4 nitrogen and oxygen atoms in total. The fraction of sp³-hybridized carbons (Fsp3) is 0.667. The largest absolute Gasteiger partial charge is 0.478 e. The zero-order valence-electron chi connectivity index (χ0n) is 10.5. The van der Waals surface area contributed by atoms with Gasteiger partial charge >= 0.3 is 0 Å². The van der Waals surface area contributed by atoms with Crippen LogP contribution in [0.3, 0.4) is 0 Å². The van der Waals surface area contributed by atoms with Gasteiger partial charge in [-0.25, -0.2) is 9.97 Å². The van der Waals surface area contributed by atoms with E-state index < -0.39 is 0 Å². The lowest BCUT2D eigenvalue weighted by Crippen LogP contribution is -2.25. The van der Waals surface area contributed by atoms with Crippen LogP contribution in [-0.2, 0) is 0 Å². The normalized spacial score (nSPS) is 10.3. The molecule has 0 saturated carbocycles. The average Bonchev–Trinajstić information content (AvgIpc) is 2.38. The Hall–Kier alpha value is -1.03. The predicted molar refractivity (Wildman–Crippen MR) is 71.0 cm³/mol. The Morgan fingerprint density at radius 3 is 2.82 bits per heavy atom. The van der Waals surface area contributed by atoms with Gasteiger partial charge in [-0.15, -0.1) is 11.6 Å². The second-order valence-electron chi connectivity index (χ2n) is 3.69. The van der Waals surface area contributed by atoms with E-state index in [9.17, 15) is 0 Å². The van der Waals surface area contributed by atoms with Crippen molar-refractivity contribution >= 4 is 17.4 Å². The van der Waals surface area contributed by atoms with Gasteiger partial charge in [0.05, 0.1) is 6.61 Å². The average molecular weight is 258 g/mol. The molecule has 1 heterocycles. The summed E-state index contributed by atoms with van der Waals surface area (Å²) in [4.78, 5) is 10.5. The molecule has 17 heavy (non-hydrogen) atoms. The number of rotatable bonds is 8. The van der Waals surface area contributed by atoms with Crippen LogP contribution in [0.2, 0.25) is 0 Å². The SMILES string of the molecule is CCCOc1cc(N(CC)CCCCl)ncn1. The van der Waals surface area contributed by atoms with Gasteiger partial charge in [-0.2, -0.15) is 0 Å². The molecule has 0 saturated heterocycles. The summed E-state index contributed by atoms with van der Waals surface area (Å²) >= 11 is 5.71. The predicted octanol–water partition coefficient (Wildman–Crippen LogP) is 2.72. The molecular formula is C12H20ClN3O. The number of nitrogens with zero attached hydrogens (tertiary/aromatic N) is 3. The van der Waals surface area contributed by atoms with E-state index >= 15 is 0 Å². The van der Waals surface area contributed by atoms with Gasteiger partial charge in [0.1, 0.15) is 12.1 Å². The first-order chi connectivity index (χ1) is 8.31. The van der Waals surface area contributed by atoms with Crippen molar-refractivity contribution in [3.63, 3.8) is 0 Å². The quantitative estimate of drug-likeness (QED) is 0.671. The molecule has 1 rings (SSSR count). The fourth-order valence-corrected chi connectivity index (χ4v) is 1.59. The van der Waals surface area contributed by atoms with E-state index in [2.05, 4.69) is 28.7 Å². The van der Waals surface area contributed by atoms with Crippen molar-refractivity contribution in [3.05, 3.63) is 12.4 Å². The Kier molecular flexibility index (Phi) is 6.70. The van der Waals surface area contributed by atoms with Crippen LogP contribution in [0.5, 0.6) is 5.88 Å². The Labute approximate surface area is 108 Å². The highest BCUT2D eigenvalue weighted by molar-refractivity contribution is 6.17. The van der Waals surface area contributed by atoms with Crippen molar-refractivity contribution in [3.8, 4) is 5.88 Å². The van der Waals surface area contributed by atoms with Crippen molar-refractivity contribution in [1.82, 2.24) is 9.97 Å². The van der Waals surface area contributed by atoms with Gasteiger partial charge in [-0.05, 0) is 19.8 Å². The van der Waals surface area contributed by atoms with E-state index in [1.54, 1.807) is 6.33 Å². The van der Waals surface area contributed by atoms with Crippen LogP contribution in [-0.4, -0.2) is 35.5 Å². The van der Waals surface area contributed by atoms with Gasteiger partial charge in [0, 0.05) is 25.0 Å². The monoisotopic (exact) mass is 257 g/mol. The van der Waals surface area contributed by atoms with Gasteiger partial charge in [0.15, 0.2) is 0 Å². The smallest absolute Gasteiger partial charge is 0.218 e. The van der Waals surface area contributed by atoms with Crippen molar-refractivity contribution in [1.29, 1.82) is 0 Å². The molecule has 0 bridgehead atoms. The van der Waals surface area contributed by atoms with Crippen molar-refractivity contribution in [2.45, 2.75) is 26.7 Å². The fourth-order valence-electron chi connectivity index (χ4n) is 1.47. The summed E-state index contributed by atoms with van der Waals surface area (Å²) in [7, 11) is 0. The molecule has 0 N–H and O–H groups in total. The summed E-state index contributed by atoms with van der Waals surface area (Å²) in [6, 6.07) is 1.88. The third-order valence-electron chi connectivity index (χ3n) is 2.35. The van der Waals surface area contributed by atoms with Gasteiger partial charge in [-0.3, -0.25) is 0 Å². The molecular weight excluding hydrogens is 238 g/mol. The van der Waals surface area contributed by atoms with E-state index in [-0.39, 0.29) is 0 Å². The van der Waals surface area contributed by atoms with Gasteiger partial charge < -0.3 is 9.64 Å². The maximum Gasteiger partial charge on any atom is 0.218 e. The van der Waals surface area contributed by atoms with Crippen molar-refractivity contribution in [2.24, 2.45) is 0 Å². The summed E-state index contributed by atoms with van der Waals surface area (Å²) < 4.78 is 5.49. The zero-order valence-corrected chi connectivity index (χ0v) is 11.3. The van der Waals surface area contributed by atoms with Crippen LogP contribution in [0.1, 0.15) is 26.7 Å². The van der Waals surface area contributed by atoms with Crippen molar-refractivity contribution in [2.75, 3.05) is 30.5 Å². The van der Waals surface area contributed by atoms with Crippen LogP contribution in [0.4, 0.5) is 5.82 Å². The summed E-state index contributed by atoms with van der Waals surface area (Å²) in [5.74, 6) is 2.21. The number of aromatic nitrogens is 2. The molecule has 1 aromatic rings. The summed E-state index contributed by atoms with van der Waals surface area (Å²) in [5, 5.41) is 0. The van der Waals surface area contributed by atoms with E-state index in [1.165, 1.54) is 0 Å². The van der Waals surface area contributed by atoms with E-state index in [1.807, 2.05) is 6.07 Å². The molecule has 0 aromatic carbocycles. The number of anilines is 1. The van der Waals surface area contributed by atoms with Gasteiger partial charge in [-0.1, -0.05) is 6.92 Å². The molecule has 5 heteroatoms. The standard InChI is InChI=1S/C12H20ClN3O/c1-3-8-17-12-9-11(14-10-15-12)16(4-2)7-5-6-13/h9-10H,3-8H2,1-2H3. The molecule has 0 spiro atoms. The van der Waals surface area contributed by atoms with E-state index in [0.717, 1.165) is 31.7 Å². The Bertz CT molecular complexity index is 322. The highest BCUT2D eigenvalue weighted by Gasteiger charge is 2.07. The summed E-state index contributed by atoms with van der Waals surface area (Å²) in [6.07, 6.45) is 3.47.